The molecular formula is C18H31NO3Si. The molecule has 0 saturated heterocycles. The van der Waals surface area contributed by atoms with Crippen LogP contribution in [0.25, 0.3) is 0 Å². The molecule has 0 heterocycles. The minimum Gasteiger partial charge on any atom is -0.410 e. The van der Waals surface area contributed by atoms with Gasteiger partial charge in [0, 0.05) is 12.1 Å². The molecule has 0 radical (unpaired) electrons. The van der Waals surface area contributed by atoms with Crippen molar-refractivity contribution in [1.82, 2.24) is 0 Å². The lowest BCUT2D eigenvalue weighted by Gasteiger charge is -2.39. The first-order valence-corrected chi connectivity index (χ1v) is 11.4. The highest BCUT2D eigenvalue weighted by Gasteiger charge is 2.39. The predicted octanol–water partition coefficient (Wildman–Crippen LogP) is 6.24. The van der Waals surface area contributed by atoms with Crippen molar-refractivity contribution in [3.05, 3.63) is 39.9 Å². The molecule has 0 aliphatic rings. The van der Waals surface area contributed by atoms with Crippen molar-refractivity contribution in [1.29, 1.82) is 0 Å². The molecule has 1 rings (SSSR count). The fourth-order valence-electron chi connectivity index (χ4n) is 2.22. The highest BCUT2D eigenvalue weighted by atomic mass is 28.4. The van der Waals surface area contributed by atoms with E-state index in [1.165, 1.54) is 12.8 Å². The van der Waals surface area contributed by atoms with Crippen molar-refractivity contribution in [2.75, 3.05) is 0 Å². The van der Waals surface area contributed by atoms with Crippen LogP contribution in [0.4, 0.5) is 5.69 Å². The average Bonchev–Trinajstić information content (AvgIpc) is 2.45. The van der Waals surface area contributed by atoms with Crippen LogP contribution in [-0.4, -0.2) is 13.2 Å². The normalized spacial score (nSPS) is 13.8. The number of rotatable bonds is 8. The van der Waals surface area contributed by atoms with Gasteiger partial charge in [0.2, 0.25) is 0 Å². The maximum Gasteiger partial charge on any atom is 0.269 e. The summed E-state index contributed by atoms with van der Waals surface area (Å²) in [5.41, 5.74) is 1.19. The molecule has 0 aliphatic carbocycles. The fourth-order valence-corrected chi connectivity index (χ4v) is 3.54. The van der Waals surface area contributed by atoms with E-state index >= 15 is 0 Å². The maximum absolute atomic E-state index is 10.8. The minimum absolute atomic E-state index is 0.0308. The van der Waals surface area contributed by atoms with E-state index in [9.17, 15) is 10.1 Å². The lowest BCUT2D eigenvalue weighted by Crippen LogP contribution is -2.41. The Hall–Kier alpha value is -1.20. The van der Waals surface area contributed by atoms with E-state index in [4.69, 9.17) is 4.43 Å². The molecule has 0 aromatic heterocycles. The van der Waals surface area contributed by atoms with E-state index in [1.807, 2.05) is 12.1 Å². The van der Waals surface area contributed by atoms with Crippen LogP contribution in [0.5, 0.6) is 0 Å². The molecule has 0 bridgehead atoms. The molecule has 1 aromatic carbocycles. The topological polar surface area (TPSA) is 52.4 Å². The molecule has 0 fully saturated rings. The summed E-state index contributed by atoms with van der Waals surface area (Å²) in [7, 11) is -1.88. The zero-order valence-corrected chi connectivity index (χ0v) is 16.4. The number of nitro benzene ring substituents is 1. The Balaban J connectivity index is 2.97. The number of non-ortho nitro benzene ring substituents is 1. The standard InChI is InChI=1S/C18H31NO3Si/c1-7-8-9-10-17(22-23(5,6)18(2,3)4)15-11-13-16(14-12-15)19(20)21/h11-14,17H,7-10H2,1-6H3. The highest BCUT2D eigenvalue weighted by molar-refractivity contribution is 6.74. The molecule has 23 heavy (non-hydrogen) atoms. The van der Waals surface area contributed by atoms with E-state index in [0.717, 1.165) is 18.4 Å². The van der Waals surface area contributed by atoms with E-state index in [2.05, 4.69) is 40.8 Å². The Morgan fingerprint density at radius 1 is 1.17 bits per heavy atom. The molecule has 1 unspecified atom stereocenters. The first-order valence-electron chi connectivity index (χ1n) is 8.50. The summed E-state index contributed by atoms with van der Waals surface area (Å²) in [6, 6.07) is 6.86. The van der Waals surface area contributed by atoms with Crippen molar-refractivity contribution >= 4 is 14.0 Å². The van der Waals surface area contributed by atoms with E-state index in [-0.39, 0.29) is 21.8 Å². The summed E-state index contributed by atoms with van der Waals surface area (Å²) >= 11 is 0. The van der Waals surface area contributed by atoms with Crippen LogP contribution >= 0.6 is 0 Å². The first-order chi connectivity index (χ1) is 10.6. The minimum atomic E-state index is -1.88. The molecule has 1 atom stereocenters. The zero-order valence-electron chi connectivity index (χ0n) is 15.4. The molecule has 4 nitrogen and oxygen atoms in total. The van der Waals surface area contributed by atoms with Gasteiger partial charge in [0.15, 0.2) is 8.32 Å². The summed E-state index contributed by atoms with van der Waals surface area (Å²) in [5.74, 6) is 0. The van der Waals surface area contributed by atoms with Gasteiger partial charge in [-0.05, 0) is 42.2 Å². The molecular weight excluding hydrogens is 306 g/mol. The van der Waals surface area contributed by atoms with Crippen molar-refractivity contribution in [3.8, 4) is 0 Å². The van der Waals surface area contributed by atoms with Gasteiger partial charge in [0.1, 0.15) is 0 Å². The van der Waals surface area contributed by atoms with Crippen LogP contribution in [0.3, 0.4) is 0 Å². The highest BCUT2D eigenvalue weighted by Crippen LogP contribution is 2.41. The van der Waals surface area contributed by atoms with Gasteiger partial charge in [-0.25, -0.2) is 0 Å². The lowest BCUT2D eigenvalue weighted by atomic mass is 10.0. The first kappa shape index (κ1) is 19.8. The average molecular weight is 338 g/mol. The largest absolute Gasteiger partial charge is 0.410 e. The number of unbranched alkanes of at least 4 members (excludes halogenated alkanes) is 2. The summed E-state index contributed by atoms with van der Waals surface area (Å²) in [4.78, 5) is 10.5. The summed E-state index contributed by atoms with van der Waals surface area (Å²) < 4.78 is 6.60. The van der Waals surface area contributed by atoms with Gasteiger partial charge in [-0.3, -0.25) is 10.1 Å². The van der Waals surface area contributed by atoms with Crippen molar-refractivity contribution in [2.45, 2.75) is 77.6 Å². The van der Waals surface area contributed by atoms with Crippen LogP contribution in [0.15, 0.2) is 24.3 Å². The number of benzene rings is 1. The second kappa shape index (κ2) is 8.06. The molecule has 130 valence electrons. The fraction of sp³-hybridized carbons (Fsp3) is 0.667. The van der Waals surface area contributed by atoms with Crippen LogP contribution < -0.4 is 0 Å². The lowest BCUT2D eigenvalue weighted by molar-refractivity contribution is -0.384. The maximum atomic E-state index is 10.8. The summed E-state index contributed by atoms with van der Waals surface area (Å²) in [6.45, 7) is 13.4. The molecule has 0 saturated carbocycles. The Labute approximate surface area is 141 Å². The molecule has 0 N–H and O–H groups in total. The van der Waals surface area contributed by atoms with Crippen LogP contribution in [0.1, 0.15) is 65.0 Å². The SMILES string of the molecule is CCCCCC(O[Si](C)(C)C(C)(C)C)c1ccc([N+](=O)[O-])cc1. The zero-order chi connectivity index (χ0) is 17.7. The number of hydrogen-bond acceptors (Lipinski definition) is 3. The monoisotopic (exact) mass is 337 g/mol. The molecule has 1 aromatic rings. The molecule has 5 heteroatoms. The van der Waals surface area contributed by atoms with Gasteiger partial charge >= 0.3 is 0 Å². The van der Waals surface area contributed by atoms with Crippen molar-refractivity contribution < 1.29 is 9.35 Å². The van der Waals surface area contributed by atoms with Gasteiger partial charge in [-0.15, -0.1) is 0 Å². The number of hydrogen-bond donors (Lipinski definition) is 0. The van der Waals surface area contributed by atoms with Crippen LogP contribution in [0.2, 0.25) is 18.1 Å². The molecule has 0 amide bonds. The summed E-state index contributed by atoms with van der Waals surface area (Å²) in [6.07, 6.45) is 4.48. The van der Waals surface area contributed by atoms with Gasteiger partial charge in [0.25, 0.3) is 5.69 Å². The number of nitro groups is 1. The van der Waals surface area contributed by atoms with E-state index < -0.39 is 8.32 Å². The van der Waals surface area contributed by atoms with Gasteiger partial charge in [0.05, 0.1) is 11.0 Å². The van der Waals surface area contributed by atoms with Crippen molar-refractivity contribution in [2.24, 2.45) is 0 Å². The van der Waals surface area contributed by atoms with Crippen LogP contribution in [-0.2, 0) is 4.43 Å². The second-order valence-corrected chi connectivity index (χ2v) is 12.5. The molecule has 0 aliphatic heterocycles. The Bertz CT molecular complexity index is 506. The third kappa shape index (κ3) is 5.73. The Morgan fingerprint density at radius 2 is 1.74 bits per heavy atom. The summed E-state index contributed by atoms with van der Waals surface area (Å²) in [5, 5.41) is 11.0. The number of nitrogens with zero attached hydrogens (tertiary/aromatic N) is 1. The van der Waals surface area contributed by atoms with Crippen molar-refractivity contribution in [3.63, 3.8) is 0 Å². The van der Waals surface area contributed by atoms with Crippen LogP contribution in [0, 0.1) is 10.1 Å². The quantitative estimate of drug-likeness (QED) is 0.244. The predicted molar refractivity (Wildman–Crippen MR) is 98.3 cm³/mol. The Kier molecular flexibility index (Phi) is 6.95. The molecule has 0 spiro atoms. The van der Waals surface area contributed by atoms with Gasteiger partial charge in [-0.2, -0.15) is 0 Å². The second-order valence-electron chi connectivity index (χ2n) is 7.71. The van der Waals surface area contributed by atoms with E-state index in [0.29, 0.717) is 0 Å². The smallest absolute Gasteiger partial charge is 0.269 e. The van der Waals surface area contributed by atoms with Gasteiger partial charge < -0.3 is 4.43 Å². The third-order valence-electron chi connectivity index (χ3n) is 4.79. The van der Waals surface area contributed by atoms with Gasteiger partial charge in [-0.1, -0.05) is 47.0 Å². The Morgan fingerprint density at radius 3 is 2.17 bits per heavy atom. The third-order valence-corrected chi connectivity index (χ3v) is 9.27. The van der Waals surface area contributed by atoms with E-state index in [1.54, 1.807) is 12.1 Å².